The van der Waals surface area contributed by atoms with E-state index in [0.717, 1.165) is 10.7 Å². The third-order valence-corrected chi connectivity index (χ3v) is 2.97. The molecule has 0 saturated carbocycles. The van der Waals surface area contributed by atoms with E-state index in [9.17, 15) is 4.79 Å². The topological polar surface area (TPSA) is 50.2 Å². The number of carbonyl (C=O) groups excluding carboxylic acids is 1. The van der Waals surface area contributed by atoms with Gasteiger partial charge in [0.05, 0.1) is 10.7 Å². The number of carbonyl (C=O) groups is 1. The van der Waals surface area contributed by atoms with Gasteiger partial charge in [-0.05, 0) is 40.2 Å². The van der Waals surface area contributed by atoms with Crippen LogP contribution in [-0.4, -0.2) is 12.0 Å². The lowest BCUT2D eigenvalue weighted by molar-refractivity contribution is 0.107. The van der Waals surface area contributed by atoms with Gasteiger partial charge in [0.15, 0.2) is 0 Å². The zero-order valence-electron chi connectivity index (χ0n) is 9.39. The van der Waals surface area contributed by atoms with Gasteiger partial charge in [-0.3, -0.25) is 4.79 Å². The van der Waals surface area contributed by atoms with Crippen LogP contribution in [0.2, 0.25) is 0 Å². The van der Waals surface area contributed by atoms with Crippen molar-refractivity contribution in [1.82, 2.24) is 0 Å². The van der Waals surface area contributed by atoms with Crippen LogP contribution < -0.4 is 4.74 Å². The Balaban J connectivity index is 2.27. The lowest BCUT2D eigenvalue weighted by Crippen LogP contribution is -1.99. The molecular formula is C14H10BrNO2. The summed E-state index contributed by atoms with van der Waals surface area (Å²) in [6.07, 6.45) is 0.789. The SMILES string of the molecule is N=CC(=O)c1cccc(Oc2ccccc2Br)c1. The van der Waals surface area contributed by atoms with Crippen molar-refractivity contribution in [3.05, 3.63) is 58.6 Å². The number of rotatable bonds is 4. The van der Waals surface area contributed by atoms with Crippen LogP contribution in [0.15, 0.2) is 53.0 Å². The van der Waals surface area contributed by atoms with E-state index in [0.29, 0.717) is 17.1 Å². The van der Waals surface area contributed by atoms with Gasteiger partial charge in [0.1, 0.15) is 11.5 Å². The highest BCUT2D eigenvalue weighted by molar-refractivity contribution is 9.10. The highest BCUT2D eigenvalue weighted by Gasteiger charge is 2.05. The van der Waals surface area contributed by atoms with E-state index < -0.39 is 0 Å². The molecule has 2 aromatic rings. The summed E-state index contributed by atoms with van der Waals surface area (Å²) in [5.74, 6) is 0.902. The van der Waals surface area contributed by atoms with Crippen LogP contribution in [0, 0.1) is 5.41 Å². The maximum absolute atomic E-state index is 11.4. The smallest absolute Gasteiger partial charge is 0.203 e. The highest BCUT2D eigenvalue weighted by Crippen LogP contribution is 2.29. The molecule has 0 aliphatic heterocycles. The van der Waals surface area contributed by atoms with Gasteiger partial charge in [0.25, 0.3) is 0 Å². The first-order valence-electron chi connectivity index (χ1n) is 5.28. The second kappa shape index (κ2) is 5.60. The zero-order valence-corrected chi connectivity index (χ0v) is 11.0. The molecule has 90 valence electrons. The van der Waals surface area contributed by atoms with Crippen LogP contribution in [0.1, 0.15) is 10.4 Å². The Labute approximate surface area is 113 Å². The summed E-state index contributed by atoms with van der Waals surface area (Å²) in [4.78, 5) is 11.4. The standard InChI is InChI=1S/C14H10BrNO2/c15-12-6-1-2-7-14(12)18-11-5-3-4-10(8-11)13(17)9-16/h1-9,16H. The molecule has 0 aromatic heterocycles. The van der Waals surface area contributed by atoms with E-state index in [-0.39, 0.29) is 5.78 Å². The van der Waals surface area contributed by atoms with Gasteiger partial charge in [-0.15, -0.1) is 0 Å². The Morgan fingerprint density at radius 1 is 1.17 bits per heavy atom. The highest BCUT2D eigenvalue weighted by atomic mass is 79.9. The van der Waals surface area contributed by atoms with Gasteiger partial charge in [-0.1, -0.05) is 24.3 Å². The van der Waals surface area contributed by atoms with E-state index >= 15 is 0 Å². The number of hydrogen-bond acceptors (Lipinski definition) is 3. The lowest BCUT2D eigenvalue weighted by Gasteiger charge is -2.08. The van der Waals surface area contributed by atoms with Crippen molar-refractivity contribution in [2.24, 2.45) is 0 Å². The molecule has 1 N–H and O–H groups in total. The molecule has 0 fully saturated rings. The van der Waals surface area contributed by atoms with Crippen LogP contribution in [0.3, 0.4) is 0 Å². The normalized spacial score (nSPS) is 9.83. The zero-order chi connectivity index (χ0) is 13.0. The molecule has 0 unspecified atom stereocenters. The average molecular weight is 304 g/mol. The van der Waals surface area contributed by atoms with Crippen molar-refractivity contribution in [1.29, 1.82) is 5.41 Å². The maximum atomic E-state index is 11.4. The predicted octanol–water partition coefficient (Wildman–Crippen LogP) is 4.07. The Kier molecular flexibility index (Phi) is 3.89. The van der Waals surface area contributed by atoms with Crippen LogP contribution in [0.5, 0.6) is 11.5 Å². The second-order valence-corrected chi connectivity index (χ2v) is 4.42. The van der Waals surface area contributed by atoms with Gasteiger partial charge >= 0.3 is 0 Å². The minimum atomic E-state index is -0.340. The van der Waals surface area contributed by atoms with E-state index in [4.69, 9.17) is 10.1 Å². The average Bonchev–Trinajstić information content (AvgIpc) is 2.41. The van der Waals surface area contributed by atoms with Crippen LogP contribution in [-0.2, 0) is 0 Å². The third-order valence-electron chi connectivity index (χ3n) is 2.31. The van der Waals surface area contributed by atoms with Gasteiger partial charge in [0, 0.05) is 5.56 Å². The molecule has 0 atom stereocenters. The van der Waals surface area contributed by atoms with Crippen LogP contribution in [0.4, 0.5) is 0 Å². The van der Waals surface area contributed by atoms with Crippen molar-refractivity contribution >= 4 is 27.9 Å². The Morgan fingerprint density at radius 3 is 2.67 bits per heavy atom. The van der Waals surface area contributed by atoms with Crippen molar-refractivity contribution in [2.75, 3.05) is 0 Å². The summed E-state index contributed by atoms with van der Waals surface area (Å²) < 4.78 is 6.51. The number of nitrogens with one attached hydrogen (secondary N) is 1. The summed E-state index contributed by atoms with van der Waals surface area (Å²) in [6.45, 7) is 0. The van der Waals surface area contributed by atoms with Crippen molar-refractivity contribution < 1.29 is 9.53 Å². The van der Waals surface area contributed by atoms with Gasteiger partial charge in [-0.25, -0.2) is 0 Å². The summed E-state index contributed by atoms with van der Waals surface area (Å²) >= 11 is 3.39. The maximum Gasteiger partial charge on any atom is 0.203 e. The number of Topliss-reactive ketones (excluding diaryl/α,β-unsaturated/α-hetero) is 1. The van der Waals surface area contributed by atoms with Crippen molar-refractivity contribution in [3.8, 4) is 11.5 Å². The fourth-order valence-corrected chi connectivity index (χ4v) is 1.82. The van der Waals surface area contributed by atoms with Gasteiger partial charge in [-0.2, -0.15) is 0 Å². The number of halogens is 1. The molecule has 4 heteroatoms. The molecule has 3 nitrogen and oxygen atoms in total. The quantitative estimate of drug-likeness (QED) is 0.683. The molecule has 0 aliphatic rings. The number of para-hydroxylation sites is 1. The fraction of sp³-hybridized carbons (Fsp3) is 0. The summed E-state index contributed by atoms with van der Waals surface area (Å²) in [6, 6.07) is 14.2. The number of ketones is 1. The predicted molar refractivity (Wildman–Crippen MR) is 73.8 cm³/mol. The van der Waals surface area contributed by atoms with Gasteiger partial charge < -0.3 is 10.1 Å². The number of hydrogen-bond donors (Lipinski definition) is 1. The number of benzene rings is 2. The molecule has 0 aliphatic carbocycles. The molecule has 0 saturated heterocycles. The van der Waals surface area contributed by atoms with Gasteiger partial charge in [0.2, 0.25) is 5.78 Å². The molecule has 2 aromatic carbocycles. The van der Waals surface area contributed by atoms with E-state index in [1.165, 1.54) is 0 Å². The molecule has 0 heterocycles. The molecule has 0 spiro atoms. The summed E-state index contributed by atoms with van der Waals surface area (Å²) in [5.41, 5.74) is 0.439. The first-order chi connectivity index (χ1) is 8.70. The van der Waals surface area contributed by atoms with Crippen molar-refractivity contribution in [2.45, 2.75) is 0 Å². The third kappa shape index (κ3) is 2.84. The monoisotopic (exact) mass is 303 g/mol. The second-order valence-electron chi connectivity index (χ2n) is 3.57. The Morgan fingerprint density at radius 2 is 1.94 bits per heavy atom. The minimum absolute atomic E-state index is 0.340. The summed E-state index contributed by atoms with van der Waals surface area (Å²) in [5, 5.41) is 6.95. The van der Waals surface area contributed by atoms with E-state index in [1.54, 1.807) is 24.3 Å². The van der Waals surface area contributed by atoms with E-state index in [1.807, 2.05) is 24.3 Å². The molecule has 0 bridgehead atoms. The number of ether oxygens (including phenoxy) is 1. The molecule has 0 radical (unpaired) electrons. The molecule has 2 rings (SSSR count). The fourth-order valence-electron chi connectivity index (χ4n) is 1.45. The first kappa shape index (κ1) is 12.5. The van der Waals surface area contributed by atoms with Crippen LogP contribution >= 0.6 is 15.9 Å². The molecular weight excluding hydrogens is 294 g/mol. The summed E-state index contributed by atoms with van der Waals surface area (Å²) in [7, 11) is 0. The molecule has 18 heavy (non-hydrogen) atoms. The lowest BCUT2D eigenvalue weighted by atomic mass is 10.1. The molecule has 0 amide bonds. The Hall–Kier alpha value is -1.94. The van der Waals surface area contributed by atoms with Crippen LogP contribution in [0.25, 0.3) is 0 Å². The first-order valence-corrected chi connectivity index (χ1v) is 6.07. The Bertz CT molecular complexity index is 596. The van der Waals surface area contributed by atoms with Crippen molar-refractivity contribution in [3.63, 3.8) is 0 Å². The van der Waals surface area contributed by atoms with E-state index in [2.05, 4.69) is 15.9 Å². The largest absolute Gasteiger partial charge is 0.456 e. The minimum Gasteiger partial charge on any atom is -0.456 e.